The van der Waals surface area contributed by atoms with Crippen molar-refractivity contribution < 1.29 is 18.0 Å². The van der Waals surface area contributed by atoms with Gasteiger partial charge >= 0.3 is 6.18 Å². The van der Waals surface area contributed by atoms with Crippen molar-refractivity contribution in [2.24, 2.45) is 5.73 Å². The summed E-state index contributed by atoms with van der Waals surface area (Å²) in [6.45, 7) is 5.78. The highest BCUT2D eigenvalue weighted by atomic mass is 19.4. The first kappa shape index (κ1) is 18.2. The first-order chi connectivity index (χ1) is 8.65. The fourth-order valence-corrected chi connectivity index (χ4v) is 2.13. The molecular weight excluding hydrogens is 257 g/mol. The number of amides is 1. The molecule has 0 rings (SSSR count). The maximum atomic E-state index is 12.7. The predicted molar refractivity (Wildman–Crippen MR) is 69.6 cm³/mol. The van der Waals surface area contributed by atoms with Crippen LogP contribution in [-0.2, 0) is 4.79 Å². The van der Waals surface area contributed by atoms with Crippen LogP contribution in [-0.4, -0.2) is 35.1 Å². The number of hydrogen-bond acceptors (Lipinski definition) is 2. The molecule has 0 heterocycles. The number of hydrogen-bond donors (Lipinski definition) is 1. The van der Waals surface area contributed by atoms with E-state index in [-0.39, 0.29) is 0 Å². The van der Waals surface area contributed by atoms with Gasteiger partial charge in [0.15, 0.2) is 0 Å². The molecule has 0 spiro atoms. The van der Waals surface area contributed by atoms with E-state index in [2.05, 4.69) is 0 Å². The second-order valence-electron chi connectivity index (χ2n) is 4.88. The average molecular weight is 282 g/mol. The Labute approximate surface area is 113 Å². The molecule has 0 aromatic heterocycles. The van der Waals surface area contributed by atoms with E-state index in [0.29, 0.717) is 25.7 Å². The maximum absolute atomic E-state index is 12.7. The van der Waals surface area contributed by atoms with Crippen LogP contribution in [0.1, 0.15) is 53.4 Å². The monoisotopic (exact) mass is 282 g/mol. The second kappa shape index (κ2) is 7.12. The number of carbonyl (C=O) groups is 1. The molecule has 0 aromatic carbocycles. The predicted octanol–water partition coefficient (Wildman–Crippen LogP) is 3.08. The van der Waals surface area contributed by atoms with Gasteiger partial charge in [-0.15, -0.1) is 0 Å². The van der Waals surface area contributed by atoms with E-state index in [1.807, 2.05) is 0 Å². The number of nitrogens with zero attached hydrogens (tertiary/aromatic N) is 1. The Morgan fingerprint density at radius 1 is 1.11 bits per heavy atom. The summed E-state index contributed by atoms with van der Waals surface area (Å²) >= 11 is 0. The number of rotatable bonds is 7. The van der Waals surface area contributed by atoms with Crippen LogP contribution in [0.4, 0.5) is 13.2 Å². The summed E-state index contributed by atoms with van der Waals surface area (Å²) in [4.78, 5) is 13.3. The Hall–Kier alpha value is -0.780. The minimum atomic E-state index is -4.40. The van der Waals surface area contributed by atoms with Gasteiger partial charge in [-0.2, -0.15) is 13.2 Å². The molecule has 0 radical (unpaired) electrons. The van der Waals surface area contributed by atoms with Crippen LogP contribution in [0.15, 0.2) is 0 Å². The lowest BCUT2D eigenvalue weighted by Crippen LogP contribution is -2.58. The summed E-state index contributed by atoms with van der Waals surface area (Å²) in [5, 5.41) is 0. The summed E-state index contributed by atoms with van der Waals surface area (Å²) in [5.41, 5.74) is 4.75. The zero-order valence-corrected chi connectivity index (χ0v) is 12.2. The van der Waals surface area contributed by atoms with Crippen molar-refractivity contribution in [3.63, 3.8) is 0 Å². The van der Waals surface area contributed by atoms with E-state index in [4.69, 9.17) is 5.73 Å². The molecule has 0 bridgehead atoms. The molecule has 3 nitrogen and oxygen atoms in total. The minimum absolute atomic E-state index is 0.330. The van der Waals surface area contributed by atoms with Gasteiger partial charge in [0.1, 0.15) is 6.54 Å². The molecule has 0 aliphatic rings. The maximum Gasteiger partial charge on any atom is 0.406 e. The van der Waals surface area contributed by atoms with Crippen molar-refractivity contribution in [1.82, 2.24) is 4.90 Å². The van der Waals surface area contributed by atoms with E-state index in [9.17, 15) is 18.0 Å². The zero-order chi connectivity index (χ0) is 15.3. The standard InChI is InChI=1S/C13H25F3N2O/c1-5-10(6-2)18(9-13(14,15)16)11(19)12(17,7-3)8-4/h10H,5-9,17H2,1-4H3. The van der Waals surface area contributed by atoms with Gasteiger partial charge in [-0.1, -0.05) is 27.7 Å². The van der Waals surface area contributed by atoms with Crippen molar-refractivity contribution in [3.05, 3.63) is 0 Å². The first-order valence-electron chi connectivity index (χ1n) is 6.81. The Morgan fingerprint density at radius 2 is 1.53 bits per heavy atom. The SMILES string of the molecule is CCC(CC)N(CC(F)(F)F)C(=O)C(N)(CC)CC. The van der Waals surface area contributed by atoms with E-state index in [1.165, 1.54) is 0 Å². The van der Waals surface area contributed by atoms with Gasteiger partial charge in [0.2, 0.25) is 5.91 Å². The van der Waals surface area contributed by atoms with Crippen LogP contribution in [0.2, 0.25) is 0 Å². The summed E-state index contributed by atoms with van der Waals surface area (Å²) < 4.78 is 38.0. The fourth-order valence-electron chi connectivity index (χ4n) is 2.13. The molecule has 0 saturated heterocycles. The van der Waals surface area contributed by atoms with Gasteiger partial charge in [-0.3, -0.25) is 4.79 Å². The minimum Gasteiger partial charge on any atom is -0.329 e. The fraction of sp³-hybridized carbons (Fsp3) is 0.923. The molecule has 6 heteroatoms. The Balaban J connectivity index is 5.29. The van der Waals surface area contributed by atoms with Gasteiger partial charge in [0, 0.05) is 6.04 Å². The number of halogens is 3. The molecule has 114 valence electrons. The third-order valence-corrected chi connectivity index (χ3v) is 3.68. The summed E-state index contributed by atoms with van der Waals surface area (Å²) in [6, 6.07) is -0.421. The quantitative estimate of drug-likeness (QED) is 0.780. The Bertz CT molecular complexity index is 284. The lowest BCUT2D eigenvalue weighted by atomic mass is 9.91. The van der Waals surface area contributed by atoms with Crippen molar-refractivity contribution in [1.29, 1.82) is 0 Å². The van der Waals surface area contributed by atoms with Crippen LogP contribution < -0.4 is 5.73 Å². The lowest BCUT2D eigenvalue weighted by molar-refractivity contribution is -0.169. The van der Waals surface area contributed by atoms with Gasteiger partial charge in [-0.05, 0) is 25.7 Å². The smallest absolute Gasteiger partial charge is 0.329 e. The largest absolute Gasteiger partial charge is 0.406 e. The van der Waals surface area contributed by atoms with Crippen molar-refractivity contribution in [3.8, 4) is 0 Å². The van der Waals surface area contributed by atoms with Crippen molar-refractivity contribution in [2.45, 2.75) is 71.1 Å². The highest BCUT2D eigenvalue weighted by molar-refractivity contribution is 5.86. The van der Waals surface area contributed by atoms with Crippen LogP contribution in [0.3, 0.4) is 0 Å². The summed E-state index contributed by atoms with van der Waals surface area (Å²) in [7, 11) is 0. The van der Waals surface area contributed by atoms with E-state index in [0.717, 1.165) is 4.90 Å². The number of carbonyl (C=O) groups excluding carboxylic acids is 1. The van der Waals surface area contributed by atoms with Crippen molar-refractivity contribution >= 4 is 5.91 Å². The van der Waals surface area contributed by atoms with Crippen LogP contribution in [0.5, 0.6) is 0 Å². The summed E-state index contributed by atoms with van der Waals surface area (Å²) in [5.74, 6) is -0.594. The Kier molecular flexibility index (Phi) is 6.83. The molecule has 0 aromatic rings. The first-order valence-corrected chi connectivity index (χ1v) is 6.81. The highest BCUT2D eigenvalue weighted by Crippen LogP contribution is 2.25. The third-order valence-electron chi connectivity index (χ3n) is 3.68. The molecule has 0 aliphatic carbocycles. The molecule has 1 amide bonds. The van der Waals surface area contributed by atoms with Gasteiger partial charge < -0.3 is 10.6 Å². The van der Waals surface area contributed by atoms with Gasteiger partial charge in [0.05, 0.1) is 5.54 Å². The van der Waals surface area contributed by atoms with Gasteiger partial charge in [-0.25, -0.2) is 0 Å². The normalized spacial score (nSPS) is 12.9. The molecule has 0 fully saturated rings. The third kappa shape index (κ3) is 5.01. The van der Waals surface area contributed by atoms with Crippen LogP contribution in [0.25, 0.3) is 0 Å². The molecule has 0 atom stereocenters. The van der Waals surface area contributed by atoms with E-state index < -0.39 is 30.2 Å². The average Bonchev–Trinajstić information content (AvgIpc) is 2.35. The number of nitrogens with two attached hydrogens (primary N) is 1. The molecular formula is C13H25F3N2O. The van der Waals surface area contributed by atoms with Crippen molar-refractivity contribution in [2.75, 3.05) is 6.54 Å². The molecule has 2 N–H and O–H groups in total. The van der Waals surface area contributed by atoms with E-state index in [1.54, 1.807) is 27.7 Å². The van der Waals surface area contributed by atoms with Crippen LogP contribution >= 0.6 is 0 Å². The van der Waals surface area contributed by atoms with E-state index >= 15 is 0 Å². The zero-order valence-electron chi connectivity index (χ0n) is 12.2. The molecule has 0 unspecified atom stereocenters. The topological polar surface area (TPSA) is 46.3 Å². The second-order valence-corrected chi connectivity index (χ2v) is 4.88. The van der Waals surface area contributed by atoms with Crippen LogP contribution in [0, 0.1) is 0 Å². The number of alkyl halides is 3. The van der Waals surface area contributed by atoms with Gasteiger partial charge in [0.25, 0.3) is 0 Å². The summed E-state index contributed by atoms with van der Waals surface area (Å²) in [6.07, 6.45) is -2.77. The molecule has 19 heavy (non-hydrogen) atoms. The highest BCUT2D eigenvalue weighted by Gasteiger charge is 2.41. The molecule has 0 saturated carbocycles. The Morgan fingerprint density at radius 3 is 1.79 bits per heavy atom. The lowest BCUT2D eigenvalue weighted by Gasteiger charge is -2.38. The molecule has 0 aliphatic heterocycles.